The molecule has 0 aliphatic rings. The van der Waals surface area contributed by atoms with Gasteiger partial charge in [0.05, 0.1) is 12.6 Å². The van der Waals surface area contributed by atoms with Crippen LogP contribution in [-0.4, -0.2) is 36.2 Å². The van der Waals surface area contributed by atoms with Gasteiger partial charge in [-0.3, -0.25) is 5.10 Å². The topological polar surface area (TPSA) is 102 Å². The molecule has 0 spiro atoms. The zero-order chi connectivity index (χ0) is 13.0. The Morgan fingerprint density at radius 2 is 2.22 bits per heavy atom. The van der Waals surface area contributed by atoms with Gasteiger partial charge in [0.2, 0.25) is 11.2 Å². The quantitative estimate of drug-likeness (QED) is 0.836. The predicted octanol–water partition coefficient (Wildman–Crippen LogP) is 1.04. The average molecular weight is 270 g/mol. The molecular weight excluding hydrogens is 258 g/mol. The van der Waals surface area contributed by atoms with Crippen molar-refractivity contribution in [2.45, 2.75) is 26.5 Å². The van der Waals surface area contributed by atoms with Crippen LogP contribution in [0.2, 0.25) is 5.28 Å². The smallest absolute Gasteiger partial charge is 0.322 e. The molecule has 0 fully saturated rings. The highest BCUT2D eigenvalue weighted by atomic mass is 35.5. The molecule has 0 amide bonds. The Morgan fingerprint density at radius 1 is 1.39 bits per heavy atom. The second-order valence-electron chi connectivity index (χ2n) is 3.66. The van der Waals surface area contributed by atoms with Crippen molar-refractivity contribution in [3.8, 4) is 6.01 Å². The third-order valence-electron chi connectivity index (χ3n) is 1.81. The molecule has 0 aliphatic heterocycles. The number of nitrogens with zero attached hydrogens (tertiary/aromatic N) is 5. The van der Waals surface area contributed by atoms with E-state index in [-0.39, 0.29) is 17.4 Å². The van der Waals surface area contributed by atoms with Crippen molar-refractivity contribution in [2.75, 3.05) is 5.32 Å². The van der Waals surface area contributed by atoms with Crippen LogP contribution in [0.5, 0.6) is 6.01 Å². The van der Waals surface area contributed by atoms with E-state index in [4.69, 9.17) is 16.3 Å². The molecule has 0 aromatic carbocycles. The minimum Gasteiger partial charge on any atom is -0.461 e. The fraction of sp³-hybridized carbons (Fsp3) is 0.444. The van der Waals surface area contributed by atoms with Gasteiger partial charge in [-0.05, 0) is 25.4 Å². The second-order valence-corrected chi connectivity index (χ2v) is 4.00. The van der Waals surface area contributed by atoms with Crippen LogP contribution in [0.3, 0.4) is 0 Å². The van der Waals surface area contributed by atoms with E-state index in [1.165, 1.54) is 6.33 Å². The Balaban J connectivity index is 2.05. The van der Waals surface area contributed by atoms with E-state index in [1.54, 1.807) is 0 Å². The normalized spacial score (nSPS) is 10.7. The molecule has 0 radical (unpaired) electrons. The first kappa shape index (κ1) is 12.5. The molecule has 18 heavy (non-hydrogen) atoms. The first-order valence-electron chi connectivity index (χ1n) is 5.30. The summed E-state index contributed by atoms with van der Waals surface area (Å²) >= 11 is 5.78. The number of hydrogen-bond donors (Lipinski definition) is 2. The van der Waals surface area contributed by atoms with Crippen LogP contribution in [-0.2, 0) is 6.54 Å². The Labute approximate surface area is 108 Å². The predicted molar refractivity (Wildman–Crippen MR) is 64.3 cm³/mol. The molecule has 0 saturated carbocycles. The SMILES string of the molecule is CC(C)Oc1nc(Cl)nc(NCc2ncn[nH]2)n1. The van der Waals surface area contributed by atoms with E-state index in [0.29, 0.717) is 18.3 Å². The van der Waals surface area contributed by atoms with Gasteiger partial charge in [0.1, 0.15) is 12.2 Å². The minimum absolute atomic E-state index is 0.0365. The van der Waals surface area contributed by atoms with Gasteiger partial charge in [-0.25, -0.2) is 4.98 Å². The molecular formula is C9H12ClN7O. The van der Waals surface area contributed by atoms with Crippen molar-refractivity contribution >= 4 is 17.5 Å². The highest BCUT2D eigenvalue weighted by molar-refractivity contribution is 6.28. The van der Waals surface area contributed by atoms with Gasteiger partial charge in [0.25, 0.3) is 0 Å². The summed E-state index contributed by atoms with van der Waals surface area (Å²) in [6.45, 7) is 4.15. The third-order valence-corrected chi connectivity index (χ3v) is 1.98. The van der Waals surface area contributed by atoms with E-state index < -0.39 is 0 Å². The lowest BCUT2D eigenvalue weighted by molar-refractivity contribution is 0.222. The van der Waals surface area contributed by atoms with Gasteiger partial charge in [0, 0.05) is 0 Å². The van der Waals surface area contributed by atoms with Gasteiger partial charge < -0.3 is 10.1 Å². The van der Waals surface area contributed by atoms with Crippen LogP contribution in [0.4, 0.5) is 5.95 Å². The fourth-order valence-corrected chi connectivity index (χ4v) is 1.31. The number of aromatic amines is 1. The summed E-state index contributed by atoms with van der Waals surface area (Å²) in [6, 6.07) is 0.185. The summed E-state index contributed by atoms with van der Waals surface area (Å²) in [4.78, 5) is 15.8. The van der Waals surface area contributed by atoms with Gasteiger partial charge >= 0.3 is 6.01 Å². The molecule has 0 aliphatic carbocycles. The van der Waals surface area contributed by atoms with Gasteiger partial charge in [0.15, 0.2) is 0 Å². The lowest BCUT2D eigenvalue weighted by Gasteiger charge is -2.09. The van der Waals surface area contributed by atoms with Crippen LogP contribution in [0.15, 0.2) is 6.33 Å². The molecule has 0 atom stereocenters. The summed E-state index contributed by atoms with van der Waals surface area (Å²) in [5.74, 6) is 0.986. The molecule has 0 unspecified atom stereocenters. The molecule has 96 valence electrons. The van der Waals surface area contributed by atoms with Gasteiger partial charge in [-0.1, -0.05) is 0 Å². The maximum Gasteiger partial charge on any atom is 0.322 e. The van der Waals surface area contributed by atoms with E-state index in [0.717, 1.165) is 0 Å². The number of hydrogen-bond acceptors (Lipinski definition) is 7. The maximum absolute atomic E-state index is 5.78. The van der Waals surface area contributed by atoms with Crippen LogP contribution < -0.4 is 10.1 Å². The van der Waals surface area contributed by atoms with E-state index >= 15 is 0 Å². The summed E-state index contributed by atoms with van der Waals surface area (Å²) < 4.78 is 5.35. The molecule has 2 rings (SSSR count). The Morgan fingerprint density at radius 3 is 2.89 bits per heavy atom. The van der Waals surface area contributed by atoms with Gasteiger partial charge in [-0.2, -0.15) is 20.1 Å². The molecule has 2 N–H and O–H groups in total. The number of rotatable bonds is 5. The number of nitrogens with one attached hydrogen (secondary N) is 2. The lowest BCUT2D eigenvalue weighted by atomic mass is 10.5. The molecule has 2 aromatic heterocycles. The Hall–Kier alpha value is -1.96. The van der Waals surface area contributed by atoms with Gasteiger partial charge in [-0.15, -0.1) is 0 Å². The first-order valence-corrected chi connectivity index (χ1v) is 5.67. The summed E-state index contributed by atoms with van der Waals surface area (Å²) in [5, 5.41) is 9.45. The van der Waals surface area contributed by atoms with Crippen molar-refractivity contribution in [3.63, 3.8) is 0 Å². The highest BCUT2D eigenvalue weighted by Crippen LogP contribution is 2.12. The largest absolute Gasteiger partial charge is 0.461 e. The molecule has 8 nitrogen and oxygen atoms in total. The first-order chi connectivity index (χ1) is 8.63. The van der Waals surface area contributed by atoms with Crippen molar-refractivity contribution < 1.29 is 4.74 Å². The monoisotopic (exact) mass is 269 g/mol. The number of halogens is 1. The zero-order valence-corrected chi connectivity index (χ0v) is 10.6. The molecule has 0 bridgehead atoms. The lowest BCUT2D eigenvalue weighted by Crippen LogP contribution is -2.11. The molecule has 9 heteroatoms. The fourth-order valence-electron chi connectivity index (χ4n) is 1.15. The molecule has 2 heterocycles. The minimum atomic E-state index is -0.0365. The van der Waals surface area contributed by atoms with Crippen LogP contribution in [0.25, 0.3) is 0 Å². The van der Waals surface area contributed by atoms with Crippen molar-refractivity contribution in [2.24, 2.45) is 0 Å². The number of ether oxygens (including phenoxy) is 1. The maximum atomic E-state index is 5.78. The number of anilines is 1. The standard InChI is InChI=1S/C9H12ClN7O/c1-5(2)18-9-15-7(10)14-8(16-9)11-3-6-12-4-13-17-6/h4-5H,3H2,1-2H3,(H,12,13,17)(H,11,14,15,16). The van der Waals surface area contributed by atoms with Crippen LogP contribution >= 0.6 is 11.6 Å². The zero-order valence-electron chi connectivity index (χ0n) is 9.88. The Bertz CT molecular complexity index is 502. The van der Waals surface area contributed by atoms with Crippen LogP contribution in [0, 0.1) is 0 Å². The Kier molecular flexibility index (Phi) is 3.88. The van der Waals surface area contributed by atoms with E-state index in [9.17, 15) is 0 Å². The van der Waals surface area contributed by atoms with E-state index in [1.807, 2.05) is 13.8 Å². The van der Waals surface area contributed by atoms with Crippen molar-refractivity contribution in [1.82, 2.24) is 30.1 Å². The van der Waals surface area contributed by atoms with Crippen molar-refractivity contribution in [3.05, 3.63) is 17.4 Å². The summed E-state index contributed by atoms with van der Waals surface area (Å²) in [5.41, 5.74) is 0. The molecule has 2 aromatic rings. The van der Waals surface area contributed by atoms with Crippen molar-refractivity contribution in [1.29, 1.82) is 0 Å². The van der Waals surface area contributed by atoms with Crippen LogP contribution in [0.1, 0.15) is 19.7 Å². The highest BCUT2D eigenvalue weighted by Gasteiger charge is 2.07. The second kappa shape index (κ2) is 5.58. The third kappa shape index (κ3) is 3.52. The average Bonchev–Trinajstić information content (AvgIpc) is 2.77. The van der Waals surface area contributed by atoms with E-state index in [2.05, 4.69) is 35.5 Å². The summed E-state index contributed by atoms with van der Waals surface area (Å²) in [7, 11) is 0. The number of H-pyrrole nitrogens is 1. The number of aromatic nitrogens is 6. The summed E-state index contributed by atoms with van der Waals surface area (Å²) in [6.07, 6.45) is 1.38. The molecule has 0 saturated heterocycles.